The van der Waals surface area contributed by atoms with Gasteiger partial charge >= 0.3 is 0 Å². The second-order valence-electron chi connectivity index (χ2n) is 5.00. The van der Waals surface area contributed by atoms with Gasteiger partial charge in [-0.1, -0.05) is 19.4 Å². The molecule has 1 aromatic heterocycles. The minimum atomic E-state index is 0.566. The standard InChI is InChI=1S/C14H21NO/c1-10(2)12(9-15-13-4-5-13)8-14-11(3)6-7-16-14/h6-8,10,13,15H,4-5,9H2,1-3H3/b12-8+. The number of aryl methyl sites for hydroxylation is 1. The predicted octanol–water partition coefficient (Wildman–Crippen LogP) is 3.38. The number of nitrogens with one attached hydrogen (secondary N) is 1. The molecule has 0 bridgehead atoms. The Labute approximate surface area is 97.7 Å². The molecule has 0 aliphatic heterocycles. The first-order chi connectivity index (χ1) is 7.66. The Morgan fingerprint density at radius 3 is 2.81 bits per heavy atom. The molecule has 0 radical (unpaired) electrons. The van der Waals surface area contributed by atoms with Crippen LogP contribution in [-0.2, 0) is 0 Å². The highest BCUT2D eigenvalue weighted by Crippen LogP contribution is 2.21. The summed E-state index contributed by atoms with van der Waals surface area (Å²) in [5.74, 6) is 1.57. The summed E-state index contributed by atoms with van der Waals surface area (Å²) in [6, 6.07) is 2.78. The van der Waals surface area contributed by atoms with Crippen molar-refractivity contribution in [3.63, 3.8) is 0 Å². The average molecular weight is 219 g/mol. The van der Waals surface area contributed by atoms with E-state index >= 15 is 0 Å². The molecule has 0 spiro atoms. The maximum atomic E-state index is 5.46. The van der Waals surface area contributed by atoms with Gasteiger partial charge < -0.3 is 9.73 Å². The van der Waals surface area contributed by atoms with Crippen LogP contribution in [0.5, 0.6) is 0 Å². The molecule has 1 aliphatic carbocycles. The molecular formula is C14H21NO. The second kappa shape index (κ2) is 4.88. The molecule has 0 aromatic carbocycles. The smallest absolute Gasteiger partial charge is 0.129 e. The van der Waals surface area contributed by atoms with Gasteiger partial charge in [-0.15, -0.1) is 0 Å². The molecule has 1 aromatic rings. The third-order valence-corrected chi connectivity index (χ3v) is 3.13. The topological polar surface area (TPSA) is 25.2 Å². The highest BCUT2D eigenvalue weighted by atomic mass is 16.3. The molecule has 1 N–H and O–H groups in total. The highest BCUT2D eigenvalue weighted by Gasteiger charge is 2.20. The first kappa shape index (κ1) is 11.5. The number of furan rings is 1. The molecular weight excluding hydrogens is 198 g/mol. The van der Waals surface area contributed by atoms with Crippen LogP contribution in [-0.4, -0.2) is 12.6 Å². The number of hydrogen-bond donors (Lipinski definition) is 1. The van der Waals surface area contributed by atoms with Gasteiger partial charge in [-0.05, 0) is 43.4 Å². The zero-order valence-electron chi connectivity index (χ0n) is 10.4. The molecule has 0 atom stereocenters. The van der Waals surface area contributed by atoms with Gasteiger partial charge in [-0.2, -0.15) is 0 Å². The maximum Gasteiger partial charge on any atom is 0.129 e. The van der Waals surface area contributed by atoms with E-state index in [2.05, 4.69) is 32.2 Å². The van der Waals surface area contributed by atoms with Gasteiger partial charge in [0, 0.05) is 12.6 Å². The normalized spacial score (nSPS) is 17.1. The Morgan fingerprint density at radius 2 is 2.31 bits per heavy atom. The van der Waals surface area contributed by atoms with Crippen molar-refractivity contribution >= 4 is 6.08 Å². The van der Waals surface area contributed by atoms with Gasteiger partial charge in [-0.25, -0.2) is 0 Å². The maximum absolute atomic E-state index is 5.46. The Morgan fingerprint density at radius 1 is 1.56 bits per heavy atom. The van der Waals surface area contributed by atoms with Gasteiger partial charge in [-0.3, -0.25) is 0 Å². The lowest BCUT2D eigenvalue weighted by Gasteiger charge is -2.12. The second-order valence-corrected chi connectivity index (χ2v) is 5.00. The SMILES string of the molecule is Cc1ccoc1/C=C(\CNC1CC1)C(C)C. The minimum absolute atomic E-state index is 0.566. The van der Waals surface area contributed by atoms with Crippen LogP contribution in [0.4, 0.5) is 0 Å². The number of rotatable bonds is 5. The largest absolute Gasteiger partial charge is 0.465 e. The van der Waals surface area contributed by atoms with Gasteiger partial charge in [0.05, 0.1) is 6.26 Å². The van der Waals surface area contributed by atoms with Gasteiger partial charge in [0.25, 0.3) is 0 Å². The van der Waals surface area contributed by atoms with Crippen molar-refractivity contribution in [2.75, 3.05) is 6.54 Å². The van der Waals surface area contributed by atoms with E-state index in [1.165, 1.54) is 24.0 Å². The predicted molar refractivity (Wildman–Crippen MR) is 67.3 cm³/mol. The zero-order chi connectivity index (χ0) is 11.5. The summed E-state index contributed by atoms with van der Waals surface area (Å²) < 4.78 is 5.46. The summed E-state index contributed by atoms with van der Waals surface area (Å²) in [7, 11) is 0. The van der Waals surface area contributed by atoms with Gasteiger partial charge in [0.2, 0.25) is 0 Å². The molecule has 1 fully saturated rings. The lowest BCUT2D eigenvalue weighted by atomic mass is 10.0. The Kier molecular flexibility index (Phi) is 3.49. The van der Waals surface area contributed by atoms with Crippen molar-refractivity contribution in [1.82, 2.24) is 5.32 Å². The van der Waals surface area contributed by atoms with Crippen molar-refractivity contribution in [2.45, 2.75) is 39.7 Å². The summed E-state index contributed by atoms with van der Waals surface area (Å²) in [6.45, 7) is 7.54. The van der Waals surface area contributed by atoms with Crippen molar-refractivity contribution in [3.05, 3.63) is 29.2 Å². The fourth-order valence-corrected chi connectivity index (χ4v) is 1.67. The van der Waals surface area contributed by atoms with Crippen molar-refractivity contribution < 1.29 is 4.42 Å². The van der Waals surface area contributed by atoms with Crippen molar-refractivity contribution in [2.24, 2.45) is 5.92 Å². The van der Waals surface area contributed by atoms with E-state index in [-0.39, 0.29) is 0 Å². The van der Waals surface area contributed by atoms with Crippen LogP contribution in [0.15, 0.2) is 22.3 Å². The summed E-state index contributed by atoms with van der Waals surface area (Å²) >= 11 is 0. The molecule has 16 heavy (non-hydrogen) atoms. The molecule has 1 saturated carbocycles. The first-order valence-electron chi connectivity index (χ1n) is 6.14. The fraction of sp³-hybridized carbons (Fsp3) is 0.571. The molecule has 2 heteroatoms. The van der Waals surface area contributed by atoms with Crippen LogP contribution >= 0.6 is 0 Å². The lowest BCUT2D eigenvalue weighted by Crippen LogP contribution is -2.21. The monoisotopic (exact) mass is 219 g/mol. The van der Waals surface area contributed by atoms with E-state index in [1.54, 1.807) is 6.26 Å². The zero-order valence-corrected chi connectivity index (χ0v) is 10.4. The summed E-state index contributed by atoms with van der Waals surface area (Å²) in [5.41, 5.74) is 2.63. The van der Waals surface area contributed by atoms with Crippen LogP contribution in [0.1, 0.15) is 38.0 Å². The Balaban J connectivity index is 2.04. The molecule has 2 nitrogen and oxygen atoms in total. The van der Waals surface area contributed by atoms with Gasteiger partial charge in [0.1, 0.15) is 5.76 Å². The molecule has 2 rings (SSSR count). The van der Waals surface area contributed by atoms with E-state index < -0.39 is 0 Å². The first-order valence-corrected chi connectivity index (χ1v) is 6.14. The fourth-order valence-electron chi connectivity index (χ4n) is 1.67. The summed E-state index contributed by atoms with van der Waals surface area (Å²) in [4.78, 5) is 0. The van der Waals surface area contributed by atoms with E-state index in [0.717, 1.165) is 18.3 Å². The highest BCUT2D eigenvalue weighted by molar-refractivity contribution is 5.51. The van der Waals surface area contributed by atoms with Crippen LogP contribution in [0.3, 0.4) is 0 Å². The van der Waals surface area contributed by atoms with Crippen LogP contribution in [0.2, 0.25) is 0 Å². The lowest BCUT2D eigenvalue weighted by molar-refractivity contribution is 0.552. The molecule has 1 heterocycles. The van der Waals surface area contributed by atoms with Crippen molar-refractivity contribution in [3.8, 4) is 0 Å². The summed E-state index contributed by atoms with van der Waals surface area (Å²) in [6.07, 6.45) is 6.62. The van der Waals surface area contributed by atoms with Crippen LogP contribution < -0.4 is 5.32 Å². The molecule has 88 valence electrons. The molecule has 0 saturated heterocycles. The molecule has 1 aliphatic rings. The number of hydrogen-bond acceptors (Lipinski definition) is 2. The van der Waals surface area contributed by atoms with Gasteiger partial charge in [0.15, 0.2) is 0 Å². The third kappa shape index (κ3) is 2.99. The minimum Gasteiger partial charge on any atom is -0.465 e. The molecule has 0 amide bonds. The van der Waals surface area contributed by atoms with Crippen molar-refractivity contribution in [1.29, 1.82) is 0 Å². The van der Waals surface area contributed by atoms with E-state index in [0.29, 0.717) is 5.92 Å². The quantitative estimate of drug-likeness (QED) is 0.821. The average Bonchev–Trinajstić information content (AvgIpc) is 2.97. The van der Waals surface area contributed by atoms with Crippen LogP contribution in [0, 0.1) is 12.8 Å². The Bertz CT molecular complexity index is 372. The van der Waals surface area contributed by atoms with E-state index in [1.807, 2.05) is 6.07 Å². The van der Waals surface area contributed by atoms with E-state index in [9.17, 15) is 0 Å². The third-order valence-electron chi connectivity index (χ3n) is 3.13. The summed E-state index contributed by atoms with van der Waals surface area (Å²) in [5, 5.41) is 3.56. The van der Waals surface area contributed by atoms with E-state index in [4.69, 9.17) is 4.42 Å². The van der Waals surface area contributed by atoms with Crippen LogP contribution in [0.25, 0.3) is 6.08 Å². The Hall–Kier alpha value is -1.02. The molecule has 0 unspecified atom stereocenters.